The van der Waals surface area contributed by atoms with Crippen LogP contribution in [0.1, 0.15) is 24.3 Å². The Labute approximate surface area is 178 Å². The highest BCUT2D eigenvalue weighted by Gasteiger charge is 2.18. The first kappa shape index (κ1) is 20.9. The summed E-state index contributed by atoms with van der Waals surface area (Å²) in [5.41, 5.74) is 2.23. The number of thiophene rings is 1. The van der Waals surface area contributed by atoms with E-state index in [1.165, 1.54) is 23.1 Å². The van der Waals surface area contributed by atoms with E-state index in [4.69, 9.17) is 11.6 Å². The van der Waals surface area contributed by atoms with Gasteiger partial charge in [-0.25, -0.2) is 0 Å². The second-order valence-corrected chi connectivity index (χ2v) is 9.01. The summed E-state index contributed by atoms with van der Waals surface area (Å²) in [6.45, 7) is 8.11. The number of aromatic nitrogens is 3. The zero-order valence-corrected chi connectivity index (χ0v) is 18.6. The van der Waals surface area contributed by atoms with Crippen LogP contribution in [0.25, 0.3) is 11.4 Å². The van der Waals surface area contributed by atoms with Crippen molar-refractivity contribution in [3.05, 3.63) is 51.2 Å². The maximum Gasteiger partial charge on any atom is 0.233 e. The number of hydrogen-bond acceptors (Lipinski definition) is 5. The van der Waals surface area contributed by atoms with E-state index < -0.39 is 0 Å². The van der Waals surface area contributed by atoms with E-state index in [0.29, 0.717) is 18.8 Å². The molecule has 0 aliphatic heterocycles. The van der Waals surface area contributed by atoms with Crippen molar-refractivity contribution in [1.29, 1.82) is 0 Å². The van der Waals surface area contributed by atoms with Crippen LogP contribution < -0.4 is 0 Å². The van der Waals surface area contributed by atoms with Gasteiger partial charge in [0, 0.05) is 23.5 Å². The largest absolute Gasteiger partial charge is 0.337 e. The van der Waals surface area contributed by atoms with Crippen LogP contribution in [0.4, 0.5) is 0 Å². The molecule has 0 atom stereocenters. The molecule has 28 heavy (non-hydrogen) atoms. The second-order valence-electron chi connectivity index (χ2n) is 6.27. The van der Waals surface area contributed by atoms with E-state index in [1.807, 2.05) is 36.1 Å². The Morgan fingerprint density at radius 3 is 2.64 bits per heavy atom. The molecule has 0 fully saturated rings. The maximum absolute atomic E-state index is 12.7. The predicted molar refractivity (Wildman–Crippen MR) is 117 cm³/mol. The number of amides is 1. The Morgan fingerprint density at radius 2 is 2.00 bits per heavy atom. The molecule has 5 nitrogen and oxygen atoms in total. The topological polar surface area (TPSA) is 51.0 Å². The first-order valence-corrected chi connectivity index (χ1v) is 11.4. The van der Waals surface area contributed by atoms with Gasteiger partial charge in [-0.15, -0.1) is 21.5 Å². The molecule has 0 saturated carbocycles. The van der Waals surface area contributed by atoms with Crippen LogP contribution in [0.15, 0.2) is 41.6 Å². The van der Waals surface area contributed by atoms with Crippen molar-refractivity contribution in [1.82, 2.24) is 19.7 Å². The van der Waals surface area contributed by atoms with Crippen LogP contribution in [0, 0.1) is 6.92 Å². The lowest BCUT2D eigenvalue weighted by molar-refractivity contribution is -0.128. The fourth-order valence-corrected chi connectivity index (χ4v) is 4.93. The van der Waals surface area contributed by atoms with Gasteiger partial charge in [-0.3, -0.25) is 4.79 Å². The molecule has 0 aliphatic rings. The summed E-state index contributed by atoms with van der Waals surface area (Å²) in [6.07, 6.45) is 0. The molecule has 3 aromatic rings. The van der Waals surface area contributed by atoms with Crippen molar-refractivity contribution in [2.24, 2.45) is 0 Å². The molecular weight excluding hydrogens is 412 g/mol. The van der Waals surface area contributed by atoms with Crippen LogP contribution in [-0.4, -0.2) is 37.9 Å². The highest BCUT2D eigenvalue weighted by atomic mass is 35.5. The van der Waals surface area contributed by atoms with Gasteiger partial charge in [-0.2, -0.15) is 0 Å². The summed E-state index contributed by atoms with van der Waals surface area (Å²) < 4.78 is 2.81. The van der Waals surface area contributed by atoms with E-state index in [0.717, 1.165) is 37.9 Å². The van der Waals surface area contributed by atoms with Gasteiger partial charge in [-0.05, 0) is 38.5 Å². The average molecular weight is 435 g/mol. The van der Waals surface area contributed by atoms with Crippen molar-refractivity contribution in [3.63, 3.8) is 0 Å². The Bertz CT molecular complexity index is 953. The Balaban J connectivity index is 1.70. The standard InChI is InChI=1S/C20H23ClN4OS2/c1-4-24(12-15-10-11-17(21)28-15)18(26)13-27-20-23-22-19(25(20)5-2)16-9-7-6-8-14(16)3/h6-11H,4-5,12-13H2,1-3H3. The average Bonchev–Trinajstić information content (AvgIpc) is 3.30. The van der Waals surface area contributed by atoms with Gasteiger partial charge in [0.1, 0.15) is 0 Å². The minimum absolute atomic E-state index is 0.0834. The minimum Gasteiger partial charge on any atom is -0.337 e. The van der Waals surface area contributed by atoms with Gasteiger partial charge in [0.15, 0.2) is 11.0 Å². The predicted octanol–water partition coefficient (Wildman–Crippen LogP) is 5.13. The number of thioether (sulfide) groups is 1. The van der Waals surface area contributed by atoms with Crippen molar-refractivity contribution >= 4 is 40.6 Å². The molecule has 148 valence electrons. The van der Waals surface area contributed by atoms with Gasteiger partial charge in [0.25, 0.3) is 0 Å². The number of halogens is 1. The summed E-state index contributed by atoms with van der Waals surface area (Å²) in [7, 11) is 0. The molecule has 2 aromatic heterocycles. The van der Waals surface area contributed by atoms with Crippen molar-refractivity contribution < 1.29 is 4.79 Å². The first-order valence-electron chi connectivity index (χ1n) is 9.17. The minimum atomic E-state index is 0.0834. The molecule has 2 heterocycles. The van der Waals surface area contributed by atoms with E-state index >= 15 is 0 Å². The number of rotatable bonds is 8. The number of aryl methyl sites for hydroxylation is 1. The first-order chi connectivity index (χ1) is 13.5. The van der Waals surface area contributed by atoms with Crippen LogP contribution in [0.2, 0.25) is 4.34 Å². The SMILES string of the molecule is CCN(Cc1ccc(Cl)s1)C(=O)CSc1nnc(-c2ccccc2C)n1CC. The Morgan fingerprint density at radius 1 is 1.21 bits per heavy atom. The zero-order chi connectivity index (χ0) is 20.1. The summed E-state index contributed by atoms with van der Waals surface area (Å²) in [5.74, 6) is 1.26. The third-order valence-corrected chi connectivity index (χ3v) is 6.62. The lowest BCUT2D eigenvalue weighted by atomic mass is 10.1. The molecule has 0 N–H and O–H groups in total. The molecule has 0 saturated heterocycles. The molecule has 0 bridgehead atoms. The number of benzene rings is 1. The number of nitrogens with zero attached hydrogens (tertiary/aromatic N) is 4. The molecule has 1 aromatic carbocycles. The zero-order valence-electron chi connectivity index (χ0n) is 16.2. The maximum atomic E-state index is 12.7. The highest BCUT2D eigenvalue weighted by molar-refractivity contribution is 7.99. The van der Waals surface area contributed by atoms with Crippen LogP contribution in [-0.2, 0) is 17.9 Å². The number of hydrogen-bond donors (Lipinski definition) is 0. The summed E-state index contributed by atoms with van der Waals surface area (Å²) in [4.78, 5) is 15.6. The van der Waals surface area contributed by atoms with E-state index in [9.17, 15) is 4.79 Å². The summed E-state index contributed by atoms with van der Waals surface area (Å²) >= 11 is 8.94. The molecule has 0 spiro atoms. The second kappa shape index (κ2) is 9.58. The number of carbonyl (C=O) groups excluding carboxylic acids is 1. The van der Waals surface area contributed by atoms with Gasteiger partial charge in [-0.1, -0.05) is 47.6 Å². The summed E-state index contributed by atoms with van der Waals surface area (Å²) in [5, 5.41) is 9.49. The van der Waals surface area contributed by atoms with Gasteiger partial charge < -0.3 is 9.47 Å². The van der Waals surface area contributed by atoms with Crippen LogP contribution in [0.5, 0.6) is 0 Å². The normalized spacial score (nSPS) is 11.0. The number of carbonyl (C=O) groups is 1. The molecule has 1 amide bonds. The highest BCUT2D eigenvalue weighted by Crippen LogP contribution is 2.27. The Hall–Kier alpha value is -1.83. The van der Waals surface area contributed by atoms with Crippen LogP contribution >= 0.6 is 34.7 Å². The van der Waals surface area contributed by atoms with Crippen LogP contribution in [0.3, 0.4) is 0 Å². The molecule has 3 rings (SSSR count). The van der Waals surface area contributed by atoms with E-state index in [-0.39, 0.29) is 5.91 Å². The Kier molecular flexibility index (Phi) is 7.15. The van der Waals surface area contributed by atoms with Crippen molar-refractivity contribution in [2.45, 2.75) is 39.0 Å². The lowest BCUT2D eigenvalue weighted by Crippen LogP contribution is -2.31. The lowest BCUT2D eigenvalue weighted by Gasteiger charge is -2.19. The molecule has 8 heteroatoms. The fourth-order valence-electron chi connectivity index (χ4n) is 2.92. The smallest absolute Gasteiger partial charge is 0.233 e. The summed E-state index contributed by atoms with van der Waals surface area (Å²) in [6, 6.07) is 12.0. The molecule has 0 radical (unpaired) electrons. The van der Waals surface area contributed by atoms with Crippen molar-refractivity contribution in [2.75, 3.05) is 12.3 Å². The van der Waals surface area contributed by atoms with E-state index in [1.54, 1.807) is 0 Å². The monoisotopic (exact) mass is 434 g/mol. The van der Waals surface area contributed by atoms with Crippen molar-refractivity contribution in [3.8, 4) is 11.4 Å². The third kappa shape index (κ3) is 4.77. The van der Waals surface area contributed by atoms with Gasteiger partial charge >= 0.3 is 0 Å². The van der Waals surface area contributed by atoms with E-state index in [2.05, 4.69) is 40.7 Å². The molecular formula is C20H23ClN4OS2. The molecule has 0 unspecified atom stereocenters. The fraction of sp³-hybridized carbons (Fsp3) is 0.350. The third-order valence-electron chi connectivity index (χ3n) is 4.45. The van der Waals surface area contributed by atoms with Gasteiger partial charge in [0.05, 0.1) is 16.6 Å². The quantitative estimate of drug-likeness (QED) is 0.461. The van der Waals surface area contributed by atoms with Gasteiger partial charge in [0.2, 0.25) is 5.91 Å². The molecule has 0 aliphatic carbocycles.